The zero-order chi connectivity index (χ0) is 20.4. The van der Waals surface area contributed by atoms with Gasteiger partial charge in [-0.25, -0.2) is 4.79 Å². The van der Waals surface area contributed by atoms with Crippen molar-refractivity contribution in [3.63, 3.8) is 0 Å². The predicted octanol–water partition coefficient (Wildman–Crippen LogP) is 5.15. The Morgan fingerprint density at radius 1 is 1.21 bits per heavy atom. The molecule has 0 fully saturated rings. The van der Waals surface area contributed by atoms with Gasteiger partial charge in [0.15, 0.2) is 0 Å². The molecule has 4 rings (SSSR count). The number of urea groups is 1. The number of halogens is 1. The van der Waals surface area contributed by atoms with E-state index in [1.165, 1.54) is 16.2 Å². The lowest BCUT2D eigenvalue weighted by Crippen LogP contribution is -2.29. The van der Waals surface area contributed by atoms with Crippen molar-refractivity contribution in [1.82, 2.24) is 4.90 Å². The van der Waals surface area contributed by atoms with E-state index in [0.717, 1.165) is 42.4 Å². The number of likely N-dealkylation sites (N-methyl/N-ethyl adjacent to an activating group) is 1. The lowest BCUT2D eigenvalue weighted by molar-refractivity contribution is -0.105. The van der Waals surface area contributed by atoms with Gasteiger partial charge in [0.05, 0.1) is 11.4 Å². The molecule has 8 heteroatoms. The fraction of sp³-hybridized carbons (Fsp3) is 0.238. The van der Waals surface area contributed by atoms with Gasteiger partial charge in [-0.3, -0.25) is 15.0 Å². The summed E-state index contributed by atoms with van der Waals surface area (Å²) in [6.07, 6.45) is 1.51. The first-order chi connectivity index (χ1) is 14.1. The van der Waals surface area contributed by atoms with Crippen LogP contribution in [0.5, 0.6) is 0 Å². The average Bonchev–Trinajstić information content (AvgIpc) is 3.06. The van der Waals surface area contributed by atoms with Crippen molar-refractivity contribution >= 4 is 62.5 Å². The molecule has 1 aliphatic heterocycles. The number of thiophene rings is 1. The van der Waals surface area contributed by atoms with Crippen LogP contribution in [0.2, 0.25) is 5.02 Å². The lowest BCUT2D eigenvalue weighted by atomic mass is 10.1. The Labute approximate surface area is 177 Å². The Morgan fingerprint density at radius 3 is 2.76 bits per heavy atom. The monoisotopic (exact) mass is 428 g/mol. The number of nitrogens with one attached hydrogen (secondary N) is 3. The van der Waals surface area contributed by atoms with Gasteiger partial charge in [0.1, 0.15) is 5.00 Å². The Hall–Kier alpha value is -2.61. The van der Waals surface area contributed by atoms with Gasteiger partial charge in [0.2, 0.25) is 6.41 Å². The maximum absolute atomic E-state index is 12.7. The number of nitrogens with zero attached hydrogens (tertiary/aromatic N) is 1. The largest absolute Gasteiger partial charge is 0.326 e. The zero-order valence-corrected chi connectivity index (χ0v) is 17.5. The van der Waals surface area contributed by atoms with Crippen LogP contribution in [-0.4, -0.2) is 30.4 Å². The van der Waals surface area contributed by atoms with Crippen LogP contribution >= 0.6 is 22.9 Å². The molecule has 1 aromatic heterocycles. The Kier molecular flexibility index (Phi) is 5.71. The molecule has 0 radical (unpaired) electrons. The molecule has 3 amide bonds. The van der Waals surface area contributed by atoms with Crippen LogP contribution in [0.4, 0.5) is 21.2 Å². The fourth-order valence-electron chi connectivity index (χ4n) is 3.65. The van der Waals surface area contributed by atoms with Crippen LogP contribution in [0.3, 0.4) is 0 Å². The molecule has 3 aromatic rings. The molecular weight excluding hydrogens is 408 g/mol. The van der Waals surface area contributed by atoms with Crippen molar-refractivity contribution in [1.29, 1.82) is 0 Å². The van der Waals surface area contributed by atoms with Crippen LogP contribution in [-0.2, 0) is 17.8 Å². The third-order valence-corrected chi connectivity index (χ3v) is 6.59. The second-order valence-corrected chi connectivity index (χ2v) is 8.32. The summed E-state index contributed by atoms with van der Waals surface area (Å²) in [5, 5.41) is 11.6. The molecule has 0 atom stereocenters. The number of amides is 3. The number of hydrogen-bond donors (Lipinski definition) is 3. The number of benzene rings is 2. The van der Waals surface area contributed by atoms with Crippen molar-refractivity contribution < 1.29 is 9.59 Å². The lowest BCUT2D eigenvalue weighted by Gasteiger charge is -2.25. The second kappa shape index (κ2) is 8.41. The summed E-state index contributed by atoms with van der Waals surface area (Å²) < 4.78 is 0. The highest BCUT2D eigenvalue weighted by molar-refractivity contribution is 7.17. The molecular formula is C21H21ClN4O2S. The molecule has 1 aliphatic rings. The first-order valence-corrected chi connectivity index (χ1v) is 10.6. The third kappa shape index (κ3) is 3.94. The van der Waals surface area contributed by atoms with Crippen molar-refractivity contribution in [3.8, 4) is 0 Å². The van der Waals surface area contributed by atoms with Gasteiger partial charge in [-0.15, -0.1) is 11.3 Å². The Balaban J connectivity index is 1.59. The number of carbonyl (C=O) groups excluding carboxylic acids is 2. The molecule has 0 unspecified atom stereocenters. The molecule has 0 saturated heterocycles. The third-order valence-electron chi connectivity index (χ3n) is 5.13. The maximum atomic E-state index is 12.7. The standard InChI is InChI=1S/C21H21ClN4O2S/c1-2-26-10-9-15-18(11-26)29-20(19(15)23-12-27)25-21(28)24-17-8-7-16(22)13-5-3-4-6-14(13)17/h3-8,12H,2,9-11H2,1H3,(H,23,27)(H2,24,25,28). The van der Waals surface area contributed by atoms with Gasteiger partial charge in [0.25, 0.3) is 0 Å². The average molecular weight is 429 g/mol. The number of anilines is 3. The summed E-state index contributed by atoms with van der Waals surface area (Å²) in [4.78, 5) is 27.4. The molecule has 29 heavy (non-hydrogen) atoms. The van der Waals surface area contributed by atoms with Gasteiger partial charge in [-0.05, 0) is 30.7 Å². The predicted molar refractivity (Wildman–Crippen MR) is 120 cm³/mol. The summed E-state index contributed by atoms with van der Waals surface area (Å²) in [7, 11) is 0. The van der Waals surface area contributed by atoms with E-state index in [4.69, 9.17) is 11.6 Å². The SMILES string of the molecule is CCN1CCc2c(sc(NC(=O)Nc3ccc(Cl)c4ccccc34)c2NC=O)C1. The fourth-order valence-corrected chi connectivity index (χ4v) is 5.13. The molecule has 0 saturated carbocycles. The number of carbonyl (C=O) groups is 2. The molecule has 150 valence electrons. The highest BCUT2D eigenvalue weighted by Crippen LogP contribution is 2.41. The van der Waals surface area contributed by atoms with E-state index in [-0.39, 0.29) is 6.03 Å². The Bertz CT molecular complexity index is 1080. The van der Waals surface area contributed by atoms with E-state index >= 15 is 0 Å². The first-order valence-electron chi connectivity index (χ1n) is 9.43. The maximum Gasteiger partial charge on any atom is 0.324 e. The van der Waals surface area contributed by atoms with Gasteiger partial charge >= 0.3 is 6.03 Å². The van der Waals surface area contributed by atoms with Crippen molar-refractivity contribution in [2.24, 2.45) is 0 Å². The zero-order valence-electron chi connectivity index (χ0n) is 15.9. The smallest absolute Gasteiger partial charge is 0.324 e. The minimum atomic E-state index is -0.364. The number of hydrogen-bond acceptors (Lipinski definition) is 4. The summed E-state index contributed by atoms with van der Waals surface area (Å²) in [6, 6.07) is 10.8. The van der Waals surface area contributed by atoms with Crippen LogP contribution in [0.25, 0.3) is 10.8 Å². The molecule has 2 aromatic carbocycles. The molecule has 0 spiro atoms. The molecule has 3 N–H and O–H groups in total. The normalized spacial score (nSPS) is 13.7. The van der Waals surface area contributed by atoms with E-state index in [0.29, 0.717) is 27.8 Å². The molecule has 2 heterocycles. The van der Waals surface area contributed by atoms with E-state index in [1.54, 1.807) is 12.1 Å². The molecule has 0 bridgehead atoms. The highest BCUT2D eigenvalue weighted by Gasteiger charge is 2.24. The summed E-state index contributed by atoms with van der Waals surface area (Å²) in [6.45, 7) is 4.87. The number of rotatable bonds is 5. The van der Waals surface area contributed by atoms with E-state index in [9.17, 15) is 9.59 Å². The minimum absolute atomic E-state index is 0.364. The second-order valence-electron chi connectivity index (χ2n) is 6.81. The van der Waals surface area contributed by atoms with E-state index in [2.05, 4.69) is 27.8 Å². The van der Waals surface area contributed by atoms with Gasteiger partial charge in [-0.2, -0.15) is 0 Å². The van der Waals surface area contributed by atoms with Crippen LogP contribution < -0.4 is 16.0 Å². The topological polar surface area (TPSA) is 73.5 Å². The minimum Gasteiger partial charge on any atom is -0.326 e. The Morgan fingerprint density at radius 2 is 2.00 bits per heavy atom. The quantitative estimate of drug-likeness (QED) is 0.492. The van der Waals surface area contributed by atoms with E-state index in [1.807, 2.05) is 24.3 Å². The summed E-state index contributed by atoms with van der Waals surface area (Å²) in [5.74, 6) is 0. The summed E-state index contributed by atoms with van der Waals surface area (Å²) >= 11 is 7.77. The molecule has 0 aliphatic carbocycles. The van der Waals surface area contributed by atoms with Gasteiger partial charge in [-0.1, -0.05) is 42.8 Å². The first kappa shape index (κ1) is 19.7. The highest BCUT2D eigenvalue weighted by atomic mass is 35.5. The summed E-state index contributed by atoms with van der Waals surface area (Å²) in [5.41, 5.74) is 2.48. The van der Waals surface area contributed by atoms with E-state index < -0.39 is 0 Å². The van der Waals surface area contributed by atoms with Crippen molar-refractivity contribution in [3.05, 3.63) is 51.9 Å². The number of fused-ring (bicyclic) bond motifs is 2. The van der Waals surface area contributed by atoms with Crippen LogP contribution in [0, 0.1) is 0 Å². The van der Waals surface area contributed by atoms with Crippen LogP contribution in [0.15, 0.2) is 36.4 Å². The van der Waals surface area contributed by atoms with Gasteiger partial charge in [0, 0.05) is 33.8 Å². The van der Waals surface area contributed by atoms with Crippen molar-refractivity contribution in [2.75, 3.05) is 29.0 Å². The van der Waals surface area contributed by atoms with Crippen LogP contribution in [0.1, 0.15) is 17.4 Å². The molecule has 6 nitrogen and oxygen atoms in total. The van der Waals surface area contributed by atoms with Gasteiger partial charge < -0.3 is 10.6 Å². The van der Waals surface area contributed by atoms with Crippen molar-refractivity contribution in [2.45, 2.75) is 19.9 Å².